The zero-order chi connectivity index (χ0) is 22.7. The topological polar surface area (TPSA) is 62.3 Å². The van der Waals surface area contributed by atoms with Crippen LogP contribution in [0.25, 0.3) is 5.57 Å². The molecule has 2 aliphatic heterocycles. The van der Waals surface area contributed by atoms with E-state index in [2.05, 4.69) is 16.7 Å². The lowest BCUT2D eigenvalue weighted by Crippen LogP contribution is -2.47. The SMILES string of the molecule is CCN1CCN(C2=C(c3cccs3)C(=O)N(CCc3ccc(OC)c(OC)c3)C2=O)CC1. The Hall–Kier alpha value is -2.84. The summed E-state index contributed by atoms with van der Waals surface area (Å²) in [7, 11) is 3.19. The Morgan fingerprint density at radius 1 is 0.969 bits per heavy atom. The molecular weight excluding hydrogens is 426 g/mol. The number of thiophene rings is 1. The molecule has 0 bridgehead atoms. The number of nitrogens with zero attached hydrogens (tertiary/aromatic N) is 3. The first-order chi connectivity index (χ1) is 15.6. The van der Waals surface area contributed by atoms with Crippen LogP contribution in [0, 0.1) is 0 Å². The predicted octanol–water partition coefficient (Wildman–Crippen LogP) is 2.73. The van der Waals surface area contributed by atoms with Gasteiger partial charge in [0.1, 0.15) is 5.70 Å². The van der Waals surface area contributed by atoms with Crippen LogP contribution in [0.2, 0.25) is 0 Å². The highest BCUT2D eigenvalue weighted by Crippen LogP contribution is 2.35. The normalized spacial score (nSPS) is 17.5. The molecule has 1 fully saturated rings. The van der Waals surface area contributed by atoms with E-state index in [0.717, 1.165) is 43.2 Å². The Balaban J connectivity index is 1.56. The lowest BCUT2D eigenvalue weighted by atomic mass is 10.1. The fraction of sp³-hybridized carbons (Fsp3) is 0.417. The van der Waals surface area contributed by atoms with Crippen LogP contribution in [0.4, 0.5) is 0 Å². The third-order valence-corrected chi connectivity index (χ3v) is 7.01. The molecule has 0 aliphatic carbocycles. The second-order valence-corrected chi connectivity index (χ2v) is 8.77. The summed E-state index contributed by atoms with van der Waals surface area (Å²) in [6, 6.07) is 9.51. The van der Waals surface area contributed by atoms with E-state index >= 15 is 0 Å². The van der Waals surface area contributed by atoms with Gasteiger partial charge in [0, 0.05) is 37.6 Å². The average Bonchev–Trinajstić information content (AvgIpc) is 3.44. The molecule has 0 spiro atoms. The lowest BCUT2D eigenvalue weighted by Gasteiger charge is -2.35. The average molecular weight is 456 g/mol. The second-order valence-electron chi connectivity index (χ2n) is 7.82. The van der Waals surface area contributed by atoms with Crippen LogP contribution in [0.5, 0.6) is 11.5 Å². The van der Waals surface area contributed by atoms with Crippen LogP contribution in [-0.4, -0.2) is 80.0 Å². The van der Waals surface area contributed by atoms with Crippen LogP contribution in [0.1, 0.15) is 17.4 Å². The smallest absolute Gasteiger partial charge is 0.277 e. The largest absolute Gasteiger partial charge is 0.493 e. The third-order valence-electron chi connectivity index (χ3n) is 6.12. The van der Waals surface area contributed by atoms with Crippen molar-refractivity contribution < 1.29 is 19.1 Å². The van der Waals surface area contributed by atoms with Crippen molar-refractivity contribution in [2.75, 3.05) is 53.5 Å². The quantitative estimate of drug-likeness (QED) is 0.571. The summed E-state index contributed by atoms with van der Waals surface area (Å²) < 4.78 is 10.7. The monoisotopic (exact) mass is 455 g/mol. The van der Waals surface area contributed by atoms with Crippen molar-refractivity contribution >= 4 is 28.7 Å². The maximum atomic E-state index is 13.5. The van der Waals surface area contributed by atoms with E-state index in [1.807, 2.05) is 35.7 Å². The number of carbonyl (C=O) groups is 2. The molecule has 1 aromatic heterocycles. The first-order valence-electron chi connectivity index (χ1n) is 10.9. The molecule has 170 valence electrons. The molecule has 4 rings (SSSR count). The highest BCUT2D eigenvalue weighted by Gasteiger charge is 2.42. The van der Waals surface area contributed by atoms with Crippen LogP contribution in [0.3, 0.4) is 0 Å². The molecule has 1 aromatic carbocycles. The zero-order valence-corrected chi connectivity index (χ0v) is 19.6. The first kappa shape index (κ1) is 22.4. The summed E-state index contributed by atoms with van der Waals surface area (Å²) in [5.41, 5.74) is 2.08. The number of carbonyl (C=O) groups excluding carboxylic acids is 2. The Morgan fingerprint density at radius 2 is 1.72 bits per heavy atom. The van der Waals surface area contributed by atoms with Crippen LogP contribution >= 0.6 is 11.3 Å². The van der Waals surface area contributed by atoms with E-state index in [1.54, 1.807) is 14.2 Å². The van der Waals surface area contributed by atoms with Gasteiger partial charge in [-0.2, -0.15) is 0 Å². The number of ether oxygens (including phenoxy) is 2. The number of imide groups is 1. The third kappa shape index (κ3) is 4.25. The van der Waals surface area contributed by atoms with Gasteiger partial charge < -0.3 is 19.3 Å². The highest BCUT2D eigenvalue weighted by molar-refractivity contribution is 7.11. The Bertz CT molecular complexity index is 1010. The minimum absolute atomic E-state index is 0.191. The van der Waals surface area contributed by atoms with Crippen LogP contribution in [0.15, 0.2) is 41.4 Å². The van der Waals surface area contributed by atoms with Crippen LogP contribution < -0.4 is 9.47 Å². The molecule has 0 saturated carbocycles. The number of methoxy groups -OCH3 is 2. The fourth-order valence-electron chi connectivity index (χ4n) is 4.27. The number of likely N-dealkylation sites (N-methyl/N-ethyl adjacent to an activating group) is 1. The molecule has 8 heteroatoms. The molecule has 2 aliphatic rings. The summed E-state index contributed by atoms with van der Waals surface area (Å²) >= 11 is 1.50. The maximum Gasteiger partial charge on any atom is 0.277 e. The lowest BCUT2D eigenvalue weighted by molar-refractivity contribution is -0.137. The molecule has 1 saturated heterocycles. The van der Waals surface area contributed by atoms with E-state index in [4.69, 9.17) is 9.47 Å². The molecule has 0 atom stereocenters. The standard InChI is InChI=1S/C24H29N3O4S/c1-4-25-11-13-26(14-12-25)22-21(20-6-5-15-32-20)23(28)27(24(22)29)10-9-17-7-8-18(30-2)19(16-17)31-3/h5-8,15-16H,4,9-14H2,1-3H3. The van der Waals surface area contributed by atoms with E-state index in [9.17, 15) is 9.59 Å². The van der Waals surface area contributed by atoms with Gasteiger partial charge in [-0.1, -0.05) is 19.1 Å². The molecule has 32 heavy (non-hydrogen) atoms. The van der Waals surface area contributed by atoms with Crippen molar-refractivity contribution in [2.45, 2.75) is 13.3 Å². The van der Waals surface area contributed by atoms with Crippen molar-refractivity contribution in [3.8, 4) is 11.5 Å². The van der Waals surface area contributed by atoms with Gasteiger partial charge in [0.05, 0.1) is 19.8 Å². The maximum absolute atomic E-state index is 13.5. The Labute approximate surface area is 192 Å². The van der Waals surface area contributed by atoms with Gasteiger partial charge in [0.2, 0.25) is 0 Å². The van der Waals surface area contributed by atoms with Gasteiger partial charge in [-0.25, -0.2) is 0 Å². The van der Waals surface area contributed by atoms with Crippen molar-refractivity contribution in [1.82, 2.24) is 14.7 Å². The Kier molecular flexibility index (Phi) is 6.81. The van der Waals surface area contributed by atoms with Gasteiger partial charge in [0.15, 0.2) is 11.5 Å². The van der Waals surface area contributed by atoms with Gasteiger partial charge in [-0.3, -0.25) is 14.5 Å². The van der Waals surface area contributed by atoms with Crippen molar-refractivity contribution in [1.29, 1.82) is 0 Å². The highest BCUT2D eigenvalue weighted by atomic mass is 32.1. The van der Waals surface area contributed by atoms with Crippen molar-refractivity contribution in [3.63, 3.8) is 0 Å². The van der Waals surface area contributed by atoms with E-state index in [1.165, 1.54) is 16.2 Å². The summed E-state index contributed by atoms with van der Waals surface area (Å²) in [5, 5.41) is 1.94. The minimum atomic E-state index is -0.203. The number of benzene rings is 1. The molecular formula is C24H29N3O4S. The van der Waals surface area contributed by atoms with Crippen LogP contribution in [-0.2, 0) is 16.0 Å². The zero-order valence-electron chi connectivity index (χ0n) is 18.8. The van der Waals surface area contributed by atoms with E-state index < -0.39 is 0 Å². The summed E-state index contributed by atoms with van der Waals surface area (Å²) in [6.45, 7) is 6.75. The molecule has 3 heterocycles. The predicted molar refractivity (Wildman–Crippen MR) is 125 cm³/mol. The minimum Gasteiger partial charge on any atom is -0.493 e. The van der Waals surface area contributed by atoms with Crippen molar-refractivity contribution in [3.05, 3.63) is 51.8 Å². The van der Waals surface area contributed by atoms with E-state index in [0.29, 0.717) is 35.7 Å². The summed E-state index contributed by atoms with van der Waals surface area (Å²) in [4.78, 5) is 33.6. The molecule has 0 unspecified atom stereocenters. The fourth-order valence-corrected chi connectivity index (χ4v) is 5.03. The number of amides is 2. The van der Waals surface area contributed by atoms with Gasteiger partial charge in [-0.15, -0.1) is 11.3 Å². The molecule has 7 nitrogen and oxygen atoms in total. The molecule has 0 N–H and O–H groups in total. The Morgan fingerprint density at radius 3 is 2.34 bits per heavy atom. The molecule has 0 radical (unpaired) electrons. The van der Waals surface area contributed by atoms with E-state index in [-0.39, 0.29) is 11.8 Å². The number of rotatable bonds is 8. The molecule has 2 amide bonds. The molecule has 2 aromatic rings. The summed E-state index contributed by atoms with van der Waals surface area (Å²) in [5.74, 6) is 0.894. The van der Waals surface area contributed by atoms with Crippen molar-refractivity contribution in [2.24, 2.45) is 0 Å². The second kappa shape index (κ2) is 9.75. The summed E-state index contributed by atoms with van der Waals surface area (Å²) in [6.07, 6.45) is 0.548. The number of hydrogen-bond donors (Lipinski definition) is 0. The number of piperazine rings is 1. The van der Waals surface area contributed by atoms with Gasteiger partial charge >= 0.3 is 0 Å². The van der Waals surface area contributed by atoms with Gasteiger partial charge in [0.25, 0.3) is 11.8 Å². The first-order valence-corrected chi connectivity index (χ1v) is 11.8. The number of hydrogen-bond acceptors (Lipinski definition) is 7. The van der Waals surface area contributed by atoms with Gasteiger partial charge in [-0.05, 0) is 42.1 Å².